The van der Waals surface area contributed by atoms with Crippen LogP contribution < -0.4 is 4.74 Å². The Balaban J connectivity index is 2.24. The zero-order chi connectivity index (χ0) is 10.1. The van der Waals surface area contributed by atoms with Crippen molar-refractivity contribution in [3.05, 3.63) is 11.9 Å². The fourth-order valence-electron chi connectivity index (χ4n) is 1.58. The second-order valence-corrected chi connectivity index (χ2v) is 3.86. The number of methoxy groups -OCH3 is 1. The maximum atomic E-state index is 5.27. The van der Waals surface area contributed by atoms with Crippen LogP contribution in [0.4, 0.5) is 0 Å². The Bertz CT molecular complexity index is 316. The molecule has 14 heavy (non-hydrogen) atoms. The lowest BCUT2D eigenvalue weighted by Gasteiger charge is -2.10. The third-order valence-electron chi connectivity index (χ3n) is 2.39. The Morgan fingerprint density at radius 1 is 1.71 bits per heavy atom. The molecule has 1 aliphatic rings. The van der Waals surface area contributed by atoms with Crippen molar-refractivity contribution < 1.29 is 9.47 Å². The molecule has 1 aromatic rings. The van der Waals surface area contributed by atoms with Gasteiger partial charge in [0, 0.05) is 12.5 Å². The molecule has 0 amide bonds. The van der Waals surface area contributed by atoms with Crippen LogP contribution in [0.5, 0.6) is 5.75 Å². The molecule has 2 heterocycles. The van der Waals surface area contributed by atoms with Crippen molar-refractivity contribution in [3.63, 3.8) is 0 Å². The summed E-state index contributed by atoms with van der Waals surface area (Å²) in [4.78, 5) is 0. The van der Waals surface area contributed by atoms with Crippen LogP contribution in [-0.4, -0.2) is 29.6 Å². The van der Waals surface area contributed by atoms with E-state index >= 15 is 0 Å². The summed E-state index contributed by atoms with van der Waals surface area (Å²) in [7, 11) is 1.68. The van der Waals surface area contributed by atoms with Crippen LogP contribution in [0.15, 0.2) is 6.20 Å². The normalized spacial score (nSPS) is 20.1. The first-order valence-electron chi connectivity index (χ1n) is 4.94. The molecule has 0 aliphatic carbocycles. The van der Waals surface area contributed by atoms with Gasteiger partial charge in [0.25, 0.3) is 0 Å². The van der Waals surface area contributed by atoms with Gasteiger partial charge in [-0.2, -0.15) is 5.10 Å². The predicted octanol–water partition coefficient (Wildman–Crippen LogP) is 1.41. The van der Waals surface area contributed by atoms with Gasteiger partial charge in [-0.3, -0.25) is 4.68 Å². The lowest BCUT2D eigenvalue weighted by atomic mass is 10.2. The quantitative estimate of drug-likeness (QED) is 0.683. The summed E-state index contributed by atoms with van der Waals surface area (Å²) < 4.78 is 12.5. The summed E-state index contributed by atoms with van der Waals surface area (Å²) in [5, 5.41) is 4.30. The second kappa shape index (κ2) is 3.61. The van der Waals surface area contributed by atoms with E-state index in [1.165, 1.54) is 0 Å². The standard InChI is InChI=1S/C10H16N2O2/c1-7(2)12-9(4-8-6-14-8)10(13-3)5-11-12/h5,7-8H,4,6H2,1-3H3. The van der Waals surface area contributed by atoms with E-state index in [9.17, 15) is 0 Å². The molecule has 0 saturated carbocycles. The molecule has 1 saturated heterocycles. The van der Waals surface area contributed by atoms with Gasteiger partial charge in [0.2, 0.25) is 0 Å². The Morgan fingerprint density at radius 2 is 2.43 bits per heavy atom. The fraction of sp³-hybridized carbons (Fsp3) is 0.700. The Labute approximate surface area is 83.8 Å². The SMILES string of the molecule is COc1cnn(C(C)C)c1CC1CO1. The van der Waals surface area contributed by atoms with Gasteiger partial charge in [-0.25, -0.2) is 0 Å². The highest BCUT2D eigenvalue weighted by Gasteiger charge is 2.27. The minimum Gasteiger partial charge on any atom is -0.493 e. The van der Waals surface area contributed by atoms with Gasteiger partial charge in [-0.1, -0.05) is 0 Å². The minimum atomic E-state index is 0.368. The van der Waals surface area contributed by atoms with Crippen LogP contribution in [0, 0.1) is 0 Å². The summed E-state index contributed by atoms with van der Waals surface area (Å²) in [6, 6.07) is 0.368. The van der Waals surface area contributed by atoms with E-state index in [1.807, 2.05) is 4.68 Å². The maximum Gasteiger partial charge on any atom is 0.160 e. The van der Waals surface area contributed by atoms with Gasteiger partial charge >= 0.3 is 0 Å². The predicted molar refractivity (Wildman–Crippen MR) is 52.6 cm³/mol. The van der Waals surface area contributed by atoms with Gasteiger partial charge in [-0.05, 0) is 13.8 Å². The number of hydrogen-bond donors (Lipinski definition) is 0. The van der Waals surface area contributed by atoms with E-state index < -0.39 is 0 Å². The zero-order valence-corrected chi connectivity index (χ0v) is 8.86. The van der Waals surface area contributed by atoms with Crippen molar-refractivity contribution in [1.29, 1.82) is 0 Å². The first-order chi connectivity index (χ1) is 6.72. The summed E-state index contributed by atoms with van der Waals surface area (Å²) in [5.74, 6) is 0.870. The van der Waals surface area contributed by atoms with E-state index in [4.69, 9.17) is 9.47 Å². The first kappa shape index (κ1) is 9.52. The molecule has 1 atom stereocenters. The number of aromatic nitrogens is 2. The number of epoxide rings is 1. The average Bonchev–Trinajstić information content (AvgIpc) is 2.84. The average molecular weight is 196 g/mol. The van der Waals surface area contributed by atoms with Crippen LogP contribution in [0.25, 0.3) is 0 Å². The molecule has 1 unspecified atom stereocenters. The molecule has 0 radical (unpaired) electrons. The summed E-state index contributed by atoms with van der Waals surface area (Å²) in [5.41, 5.74) is 1.14. The van der Waals surface area contributed by atoms with Crippen molar-refractivity contribution in [2.24, 2.45) is 0 Å². The lowest BCUT2D eigenvalue weighted by molar-refractivity contribution is 0.380. The summed E-state index contributed by atoms with van der Waals surface area (Å²) >= 11 is 0. The van der Waals surface area contributed by atoms with Crippen LogP contribution >= 0.6 is 0 Å². The van der Waals surface area contributed by atoms with Crippen molar-refractivity contribution in [1.82, 2.24) is 9.78 Å². The highest BCUT2D eigenvalue weighted by molar-refractivity contribution is 5.26. The summed E-state index contributed by atoms with van der Waals surface area (Å²) in [6.07, 6.45) is 3.05. The van der Waals surface area contributed by atoms with E-state index in [0.717, 1.165) is 24.5 Å². The van der Waals surface area contributed by atoms with Crippen LogP contribution in [-0.2, 0) is 11.2 Å². The maximum absolute atomic E-state index is 5.27. The number of nitrogens with zero attached hydrogens (tertiary/aromatic N) is 2. The molecule has 2 rings (SSSR count). The van der Waals surface area contributed by atoms with E-state index in [2.05, 4.69) is 18.9 Å². The molecular formula is C10H16N2O2. The summed E-state index contributed by atoms with van der Waals surface area (Å²) in [6.45, 7) is 5.10. The van der Waals surface area contributed by atoms with Crippen molar-refractivity contribution >= 4 is 0 Å². The number of rotatable bonds is 4. The molecular weight excluding hydrogens is 180 g/mol. The fourth-order valence-corrected chi connectivity index (χ4v) is 1.58. The van der Waals surface area contributed by atoms with Gasteiger partial charge in [0.1, 0.15) is 0 Å². The highest BCUT2D eigenvalue weighted by atomic mass is 16.6. The second-order valence-electron chi connectivity index (χ2n) is 3.86. The van der Waals surface area contributed by atoms with Crippen molar-refractivity contribution in [3.8, 4) is 5.75 Å². The lowest BCUT2D eigenvalue weighted by Crippen LogP contribution is -2.10. The van der Waals surface area contributed by atoms with Gasteiger partial charge in [-0.15, -0.1) is 0 Å². The number of ether oxygens (including phenoxy) is 2. The van der Waals surface area contributed by atoms with Crippen LogP contribution in [0.2, 0.25) is 0 Å². The molecule has 4 heteroatoms. The Hall–Kier alpha value is -1.03. The van der Waals surface area contributed by atoms with Gasteiger partial charge < -0.3 is 9.47 Å². The smallest absolute Gasteiger partial charge is 0.160 e. The third kappa shape index (κ3) is 1.75. The van der Waals surface area contributed by atoms with E-state index in [-0.39, 0.29) is 0 Å². The first-order valence-corrected chi connectivity index (χ1v) is 4.94. The van der Waals surface area contributed by atoms with Crippen LogP contribution in [0.1, 0.15) is 25.6 Å². The molecule has 1 aromatic heterocycles. The van der Waals surface area contributed by atoms with Gasteiger partial charge in [0.05, 0.1) is 31.7 Å². The largest absolute Gasteiger partial charge is 0.493 e. The van der Waals surface area contributed by atoms with E-state index in [1.54, 1.807) is 13.3 Å². The molecule has 0 spiro atoms. The topological polar surface area (TPSA) is 39.6 Å². The molecule has 78 valence electrons. The molecule has 0 bridgehead atoms. The molecule has 0 N–H and O–H groups in total. The molecule has 1 aliphatic heterocycles. The number of hydrogen-bond acceptors (Lipinski definition) is 3. The Kier molecular flexibility index (Phi) is 2.46. The Morgan fingerprint density at radius 3 is 2.93 bits per heavy atom. The highest BCUT2D eigenvalue weighted by Crippen LogP contribution is 2.26. The van der Waals surface area contributed by atoms with Crippen molar-refractivity contribution in [2.75, 3.05) is 13.7 Å². The van der Waals surface area contributed by atoms with Gasteiger partial charge in [0.15, 0.2) is 5.75 Å². The zero-order valence-electron chi connectivity index (χ0n) is 8.86. The minimum absolute atomic E-state index is 0.368. The third-order valence-corrected chi connectivity index (χ3v) is 2.39. The van der Waals surface area contributed by atoms with Crippen LogP contribution in [0.3, 0.4) is 0 Å². The molecule has 4 nitrogen and oxygen atoms in total. The molecule has 0 aromatic carbocycles. The van der Waals surface area contributed by atoms with E-state index in [0.29, 0.717) is 12.1 Å². The monoisotopic (exact) mass is 196 g/mol. The molecule has 1 fully saturated rings. The van der Waals surface area contributed by atoms with Crippen molar-refractivity contribution in [2.45, 2.75) is 32.4 Å².